The molecule has 152 valence electrons. The second-order valence-corrected chi connectivity index (χ2v) is 8.85. The quantitative estimate of drug-likeness (QED) is 0.411. The van der Waals surface area contributed by atoms with Gasteiger partial charge in [0.15, 0.2) is 0 Å². The molecule has 0 atom stereocenters. The highest BCUT2D eigenvalue weighted by Gasteiger charge is 2.48. The number of methoxy groups -OCH3 is 1. The third-order valence-corrected chi connectivity index (χ3v) is 6.28. The van der Waals surface area contributed by atoms with Crippen LogP contribution in [-0.2, 0) is 19.6 Å². The molecule has 9 heteroatoms. The van der Waals surface area contributed by atoms with Gasteiger partial charge in [0.1, 0.15) is 5.75 Å². The fraction of sp³-hybridized carbons (Fsp3) is 0.611. The van der Waals surface area contributed by atoms with Crippen LogP contribution in [0, 0.1) is 11.3 Å². The summed E-state index contributed by atoms with van der Waals surface area (Å²) in [6.45, 7) is 3.74. The predicted molar refractivity (Wildman–Crippen MR) is 92.5 cm³/mol. The van der Waals surface area contributed by atoms with Crippen molar-refractivity contribution in [2.24, 2.45) is 11.3 Å². The van der Waals surface area contributed by atoms with E-state index in [0.717, 1.165) is 31.2 Å². The Bertz CT molecular complexity index is 761. The Morgan fingerprint density at radius 2 is 1.56 bits per heavy atom. The number of halogens is 3. The molecule has 0 bridgehead atoms. The number of hydrogen-bond acceptors (Lipinski definition) is 5. The summed E-state index contributed by atoms with van der Waals surface area (Å²) in [5.41, 5.74) is -5.12. The molecule has 0 aliphatic heterocycles. The van der Waals surface area contributed by atoms with Gasteiger partial charge >= 0.3 is 21.6 Å². The van der Waals surface area contributed by atoms with E-state index in [-0.39, 0.29) is 23.6 Å². The van der Waals surface area contributed by atoms with Crippen molar-refractivity contribution in [1.82, 2.24) is 0 Å². The molecular weight excluding hydrogens is 385 g/mol. The summed E-state index contributed by atoms with van der Waals surface area (Å²) < 4.78 is 68.1. The van der Waals surface area contributed by atoms with Gasteiger partial charge in [0.25, 0.3) is 0 Å². The van der Waals surface area contributed by atoms with Gasteiger partial charge in [-0.3, -0.25) is 4.79 Å². The van der Waals surface area contributed by atoms with E-state index in [2.05, 4.69) is 4.18 Å². The SMILES string of the molecule is COC(=O)C(C)(C)[C@H]1CC[C@H](c2ccc(OS(=O)(=O)C(F)(F)F)cc2)CC1. The first-order chi connectivity index (χ1) is 12.4. The lowest BCUT2D eigenvalue weighted by Gasteiger charge is -2.37. The van der Waals surface area contributed by atoms with Gasteiger partial charge in [-0.05, 0) is 69.1 Å². The summed E-state index contributed by atoms with van der Waals surface area (Å²) >= 11 is 0. The highest BCUT2D eigenvalue weighted by atomic mass is 32.2. The Hall–Kier alpha value is -1.77. The van der Waals surface area contributed by atoms with Gasteiger partial charge in [0, 0.05) is 0 Å². The fourth-order valence-corrected chi connectivity index (χ4v) is 4.01. The van der Waals surface area contributed by atoms with E-state index in [1.54, 1.807) is 12.1 Å². The van der Waals surface area contributed by atoms with E-state index in [9.17, 15) is 26.4 Å². The van der Waals surface area contributed by atoms with E-state index >= 15 is 0 Å². The molecule has 0 heterocycles. The van der Waals surface area contributed by atoms with E-state index in [0.29, 0.717) is 0 Å². The molecule has 27 heavy (non-hydrogen) atoms. The fourth-order valence-electron chi connectivity index (χ4n) is 3.55. The van der Waals surface area contributed by atoms with Crippen LogP contribution in [0.15, 0.2) is 24.3 Å². The highest BCUT2D eigenvalue weighted by molar-refractivity contribution is 7.88. The van der Waals surface area contributed by atoms with Crippen LogP contribution in [0.2, 0.25) is 0 Å². The monoisotopic (exact) mass is 408 g/mol. The molecule has 1 aliphatic carbocycles. The number of hydrogen-bond donors (Lipinski definition) is 0. The van der Waals surface area contributed by atoms with Crippen molar-refractivity contribution in [1.29, 1.82) is 0 Å². The lowest BCUT2D eigenvalue weighted by molar-refractivity contribution is -0.154. The third-order valence-electron chi connectivity index (χ3n) is 5.30. The first-order valence-corrected chi connectivity index (χ1v) is 9.98. The first-order valence-electron chi connectivity index (χ1n) is 8.57. The summed E-state index contributed by atoms with van der Waals surface area (Å²) in [7, 11) is -4.29. The number of rotatable bonds is 5. The smallest absolute Gasteiger partial charge is 0.469 e. The zero-order chi connectivity index (χ0) is 20.5. The number of carbonyl (C=O) groups is 1. The molecule has 0 unspecified atom stereocenters. The Balaban J connectivity index is 2.01. The van der Waals surface area contributed by atoms with Gasteiger partial charge in [0.05, 0.1) is 12.5 Å². The zero-order valence-corrected chi connectivity index (χ0v) is 16.2. The van der Waals surface area contributed by atoms with E-state index in [4.69, 9.17) is 4.74 Å². The van der Waals surface area contributed by atoms with E-state index in [1.807, 2.05) is 13.8 Å². The van der Waals surface area contributed by atoms with Crippen LogP contribution in [-0.4, -0.2) is 27.0 Å². The minimum absolute atomic E-state index is 0.195. The Labute approximate surface area is 157 Å². The molecule has 0 N–H and O–H groups in total. The van der Waals surface area contributed by atoms with E-state index < -0.39 is 21.0 Å². The molecule has 1 aromatic carbocycles. The molecule has 1 saturated carbocycles. The average Bonchev–Trinajstić information content (AvgIpc) is 2.60. The second kappa shape index (κ2) is 7.69. The average molecular weight is 408 g/mol. The van der Waals surface area contributed by atoms with Crippen molar-refractivity contribution in [3.8, 4) is 5.75 Å². The van der Waals surface area contributed by atoms with Crippen LogP contribution in [0.4, 0.5) is 13.2 Å². The second-order valence-electron chi connectivity index (χ2n) is 7.31. The van der Waals surface area contributed by atoms with Crippen LogP contribution in [0.1, 0.15) is 51.0 Å². The van der Waals surface area contributed by atoms with Gasteiger partial charge in [-0.1, -0.05) is 12.1 Å². The molecule has 1 aliphatic rings. The summed E-state index contributed by atoms with van der Waals surface area (Å²) in [4.78, 5) is 11.9. The maximum atomic E-state index is 12.4. The number of ether oxygens (including phenoxy) is 1. The van der Waals surface area contributed by atoms with E-state index in [1.165, 1.54) is 19.2 Å². The topological polar surface area (TPSA) is 69.7 Å². The van der Waals surface area contributed by atoms with Crippen LogP contribution in [0.5, 0.6) is 5.75 Å². The maximum Gasteiger partial charge on any atom is 0.534 e. The zero-order valence-electron chi connectivity index (χ0n) is 15.4. The number of alkyl halides is 3. The maximum absolute atomic E-state index is 12.4. The molecule has 2 rings (SSSR count). The molecule has 0 amide bonds. The third kappa shape index (κ3) is 4.75. The lowest BCUT2D eigenvalue weighted by atomic mass is 9.68. The van der Waals surface area contributed by atoms with Gasteiger partial charge in [-0.15, -0.1) is 0 Å². The van der Waals surface area contributed by atoms with Gasteiger partial charge < -0.3 is 8.92 Å². The Morgan fingerprint density at radius 3 is 2.00 bits per heavy atom. The van der Waals surface area contributed by atoms with Gasteiger partial charge in [0.2, 0.25) is 0 Å². The molecule has 0 aromatic heterocycles. The Morgan fingerprint density at radius 1 is 1.04 bits per heavy atom. The normalized spacial score (nSPS) is 21.6. The standard InChI is InChI=1S/C18H23F3O5S/c1-17(2,16(22)25-3)14-8-4-12(5-9-14)13-6-10-15(11-7-13)26-27(23,24)18(19,20)21/h6-7,10-12,14H,4-5,8-9H2,1-3H3/t12-,14-. The van der Waals surface area contributed by atoms with Gasteiger partial charge in [-0.2, -0.15) is 21.6 Å². The van der Waals surface area contributed by atoms with Crippen molar-refractivity contribution in [2.75, 3.05) is 7.11 Å². The van der Waals surface area contributed by atoms with Crippen molar-refractivity contribution >= 4 is 16.1 Å². The molecule has 0 saturated heterocycles. The summed E-state index contributed by atoms with van der Waals surface area (Å²) in [6, 6.07) is 5.61. The summed E-state index contributed by atoms with van der Waals surface area (Å²) in [5, 5.41) is 0. The minimum Gasteiger partial charge on any atom is -0.469 e. The largest absolute Gasteiger partial charge is 0.534 e. The highest BCUT2D eigenvalue weighted by Crippen LogP contribution is 2.44. The van der Waals surface area contributed by atoms with Crippen LogP contribution < -0.4 is 4.18 Å². The lowest BCUT2D eigenvalue weighted by Crippen LogP contribution is -2.36. The minimum atomic E-state index is -5.67. The number of carbonyl (C=O) groups excluding carboxylic acids is 1. The van der Waals surface area contributed by atoms with Gasteiger partial charge in [-0.25, -0.2) is 0 Å². The number of benzene rings is 1. The molecule has 1 fully saturated rings. The number of esters is 1. The van der Waals surface area contributed by atoms with Crippen LogP contribution >= 0.6 is 0 Å². The molecule has 5 nitrogen and oxygen atoms in total. The predicted octanol–water partition coefficient (Wildman–Crippen LogP) is 4.39. The van der Waals surface area contributed by atoms with Crippen molar-refractivity contribution < 1.29 is 35.3 Å². The Kier molecular flexibility index (Phi) is 6.13. The summed E-state index contributed by atoms with van der Waals surface area (Å²) in [5.74, 6) is -0.224. The van der Waals surface area contributed by atoms with Crippen molar-refractivity contribution in [3.63, 3.8) is 0 Å². The molecule has 0 radical (unpaired) electrons. The van der Waals surface area contributed by atoms with Crippen LogP contribution in [0.25, 0.3) is 0 Å². The summed E-state index contributed by atoms with van der Waals surface area (Å²) in [6.07, 6.45) is 3.30. The first kappa shape index (κ1) is 21.5. The molecule has 1 aromatic rings. The van der Waals surface area contributed by atoms with Crippen molar-refractivity contribution in [2.45, 2.75) is 51.0 Å². The van der Waals surface area contributed by atoms with Crippen molar-refractivity contribution in [3.05, 3.63) is 29.8 Å². The molecule has 0 spiro atoms. The molecular formula is C18H23F3O5S. The van der Waals surface area contributed by atoms with Crippen LogP contribution in [0.3, 0.4) is 0 Å².